The summed E-state index contributed by atoms with van der Waals surface area (Å²) in [4.78, 5) is 0. The van der Waals surface area contributed by atoms with Gasteiger partial charge in [0.15, 0.2) is 0 Å². The van der Waals surface area contributed by atoms with Crippen LogP contribution in [0.5, 0.6) is 0 Å². The quantitative estimate of drug-likeness (QED) is 0.282. The molecule has 3 aromatic rings. The minimum atomic E-state index is 0.818. The van der Waals surface area contributed by atoms with Gasteiger partial charge in [-0.25, -0.2) is 0 Å². The fourth-order valence-corrected chi connectivity index (χ4v) is 3.35. The highest BCUT2D eigenvalue weighted by atomic mass is 14.1. The van der Waals surface area contributed by atoms with E-state index in [1.165, 1.54) is 33.4 Å². The van der Waals surface area contributed by atoms with Crippen molar-refractivity contribution in [3.8, 4) is 0 Å². The van der Waals surface area contributed by atoms with Crippen LogP contribution in [0.2, 0.25) is 0 Å². The zero-order valence-corrected chi connectivity index (χ0v) is 16.2. The van der Waals surface area contributed by atoms with Crippen molar-refractivity contribution in [1.29, 1.82) is 0 Å². The second kappa shape index (κ2) is 10.1. The van der Waals surface area contributed by atoms with Crippen LogP contribution in [0, 0.1) is 0 Å². The molecule has 0 saturated heterocycles. The van der Waals surface area contributed by atoms with Gasteiger partial charge in [0.2, 0.25) is 0 Å². The first kappa shape index (κ1) is 19.4. The lowest BCUT2D eigenvalue weighted by Gasteiger charge is -2.15. The summed E-state index contributed by atoms with van der Waals surface area (Å²) in [6, 6.07) is 29.5. The van der Waals surface area contributed by atoms with Crippen molar-refractivity contribution in [3.05, 3.63) is 132 Å². The van der Waals surface area contributed by atoms with E-state index in [9.17, 15) is 0 Å². The summed E-state index contributed by atoms with van der Waals surface area (Å²) in [5.41, 5.74) is 7.42. The molecular weight excluding hydrogens is 336 g/mol. The summed E-state index contributed by atoms with van der Waals surface area (Å²) in [7, 11) is 0. The van der Waals surface area contributed by atoms with E-state index in [0.29, 0.717) is 0 Å². The number of rotatable bonds is 8. The molecule has 0 atom stereocenters. The maximum absolute atomic E-state index is 3.97. The van der Waals surface area contributed by atoms with Crippen molar-refractivity contribution in [2.45, 2.75) is 12.8 Å². The smallest absolute Gasteiger partial charge is 0.00938 e. The minimum absolute atomic E-state index is 0.818. The average Bonchev–Trinajstić information content (AvgIpc) is 2.75. The van der Waals surface area contributed by atoms with Gasteiger partial charge in [-0.3, -0.25) is 0 Å². The van der Waals surface area contributed by atoms with E-state index in [-0.39, 0.29) is 0 Å². The summed E-state index contributed by atoms with van der Waals surface area (Å²) in [6.07, 6.45) is 10.1. The van der Waals surface area contributed by atoms with Crippen LogP contribution < -0.4 is 0 Å². The van der Waals surface area contributed by atoms with E-state index in [0.717, 1.165) is 12.8 Å². The first-order valence-electron chi connectivity index (χ1n) is 9.64. The first-order chi connectivity index (χ1) is 13.8. The summed E-state index contributed by atoms with van der Waals surface area (Å²) >= 11 is 0. The van der Waals surface area contributed by atoms with Crippen molar-refractivity contribution >= 4 is 23.3 Å². The SMILES string of the molecule is C=CCC(=Cc1ccccc1)c1ccccc1C(=Cc1ccccc1)CC=C. The zero-order valence-electron chi connectivity index (χ0n) is 16.2. The molecule has 0 unspecified atom stereocenters. The number of hydrogen-bond donors (Lipinski definition) is 0. The molecule has 0 spiro atoms. The Morgan fingerprint density at radius 1 is 0.536 bits per heavy atom. The van der Waals surface area contributed by atoms with E-state index < -0.39 is 0 Å². The summed E-state index contributed by atoms with van der Waals surface area (Å²) in [5, 5.41) is 0. The fourth-order valence-electron chi connectivity index (χ4n) is 3.35. The van der Waals surface area contributed by atoms with Crippen LogP contribution in [0.25, 0.3) is 23.3 Å². The molecule has 0 fully saturated rings. The van der Waals surface area contributed by atoms with E-state index >= 15 is 0 Å². The Hall–Kier alpha value is -3.38. The molecule has 3 rings (SSSR count). The van der Waals surface area contributed by atoms with Gasteiger partial charge in [-0.15, -0.1) is 13.2 Å². The maximum atomic E-state index is 3.97. The Bertz CT molecular complexity index is 890. The Balaban J connectivity index is 2.12. The molecule has 0 heterocycles. The lowest BCUT2D eigenvalue weighted by molar-refractivity contribution is 1.35. The molecule has 0 aliphatic carbocycles. The van der Waals surface area contributed by atoms with Crippen LogP contribution in [-0.4, -0.2) is 0 Å². The molecular formula is C28H26. The van der Waals surface area contributed by atoms with Crippen LogP contribution in [0.15, 0.2) is 110 Å². The van der Waals surface area contributed by atoms with Gasteiger partial charge in [-0.05, 0) is 46.2 Å². The molecule has 0 radical (unpaired) electrons. The Kier molecular flexibility index (Phi) is 6.98. The Labute approximate surface area is 168 Å². The second-order valence-corrected chi connectivity index (χ2v) is 6.69. The lowest BCUT2D eigenvalue weighted by atomic mass is 9.89. The standard InChI is InChI=1S/C28H26/c1-3-13-25(21-23-15-7-5-8-16-23)27-19-11-12-20-28(27)26(14-4-2)22-24-17-9-6-10-18-24/h3-12,15-22H,1-2,13-14H2. The fraction of sp³-hybridized carbons (Fsp3) is 0.0714. The first-order valence-corrected chi connectivity index (χ1v) is 9.64. The summed E-state index contributed by atoms with van der Waals surface area (Å²) in [6.45, 7) is 7.95. The zero-order chi connectivity index (χ0) is 19.6. The highest BCUT2D eigenvalue weighted by Crippen LogP contribution is 2.32. The topological polar surface area (TPSA) is 0 Å². The van der Waals surface area contributed by atoms with Gasteiger partial charge in [-0.2, -0.15) is 0 Å². The number of benzene rings is 3. The van der Waals surface area contributed by atoms with Gasteiger partial charge >= 0.3 is 0 Å². The van der Waals surface area contributed by atoms with E-state index in [2.05, 4.69) is 98.1 Å². The molecule has 0 saturated carbocycles. The highest BCUT2D eigenvalue weighted by molar-refractivity contribution is 5.92. The minimum Gasteiger partial charge on any atom is -0.103 e. The van der Waals surface area contributed by atoms with Gasteiger partial charge in [-0.1, -0.05) is 109 Å². The monoisotopic (exact) mass is 362 g/mol. The molecule has 138 valence electrons. The van der Waals surface area contributed by atoms with Crippen molar-refractivity contribution in [1.82, 2.24) is 0 Å². The van der Waals surface area contributed by atoms with Crippen molar-refractivity contribution < 1.29 is 0 Å². The predicted octanol–water partition coefficient (Wildman–Crippen LogP) is 7.92. The molecule has 0 N–H and O–H groups in total. The van der Waals surface area contributed by atoms with E-state index in [1.807, 2.05) is 24.3 Å². The van der Waals surface area contributed by atoms with Crippen molar-refractivity contribution in [3.63, 3.8) is 0 Å². The second-order valence-electron chi connectivity index (χ2n) is 6.69. The van der Waals surface area contributed by atoms with Gasteiger partial charge in [0, 0.05) is 0 Å². The largest absolute Gasteiger partial charge is 0.103 e. The van der Waals surface area contributed by atoms with Crippen LogP contribution in [0.4, 0.5) is 0 Å². The van der Waals surface area contributed by atoms with Crippen molar-refractivity contribution in [2.24, 2.45) is 0 Å². The van der Waals surface area contributed by atoms with Crippen molar-refractivity contribution in [2.75, 3.05) is 0 Å². The van der Waals surface area contributed by atoms with E-state index in [4.69, 9.17) is 0 Å². The molecule has 0 amide bonds. The molecule has 0 nitrogen and oxygen atoms in total. The van der Waals surface area contributed by atoms with Gasteiger partial charge in [0.05, 0.1) is 0 Å². The predicted molar refractivity (Wildman–Crippen MR) is 125 cm³/mol. The van der Waals surface area contributed by atoms with E-state index in [1.54, 1.807) is 0 Å². The molecule has 28 heavy (non-hydrogen) atoms. The highest BCUT2D eigenvalue weighted by Gasteiger charge is 2.10. The molecule has 3 aromatic carbocycles. The summed E-state index contributed by atoms with van der Waals surface area (Å²) in [5.74, 6) is 0. The molecule has 0 aromatic heterocycles. The lowest BCUT2D eigenvalue weighted by Crippen LogP contribution is -1.94. The Morgan fingerprint density at radius 2 is 0.893 bits per heavy atom. The third-order valence-corrected chi connectivity index (χ3v) is 4.63. The number of hydrogen-bond acceptors (Lipinski definition) is 0. The molecule has 0 aliphatic rings. The average molecular weight is 363 g/mol. The third kappa shape index (κ3) is 5.08. The van der Waals surface area contributed by atoms with Gasteiger partial charge in [0.25, 0.3) is 0 Å². The van der Waals surface area contributed by atoms with Gasteiger partial charge in [0.1, 0.15) is 0 Å². The van der Waals surface area contributed by atoms with Crippen LogP contribution in [0.3, 0.4) is 0 Å². The molecule has 0 aliphatic heterocycles. The normalized spacial score (nSPS) is 11.9. The maximum Gasteiger partial charge on any atom is -0.00938 e. The van der Waals surface area contributed by atoms with Crippen LogP contribution in [0.1, 0.15) is 35.1 Å². The molecule has 0 heteroatoms. The summed E-state index contributed by atoms with van der Waals surface area (Å²) < 4.78 is 0. The van der Waals surface area contributed by atoms with Crippen LogP contribution >= 0.6 is 0 Å². The molecule has 0 bridgehead atoms. The Morgan fingerprint density at radius 3 is 1.25 bits per heavy atom. The van der Waals surface area contributed by atoms with Crippen LogP contribution in [-0.2, 0) is 0 Å². The number of allylic oxidation sites excluding steroid dienone is 4. The van der Waals surface area contributed by atoms with Gasteiger partial charge < -0.3 is 0 Å². The third-order valence-electron chi connectivity index (χ3n) is 4.63.